The van der Waals surface area contributed by atoms with Crippen molar-refractivity contribution in [1.29, 1.82) is 0 Å². The van der Waals surface area contributed by atoms with E-state index in [9.17, 15) is 9.90 Å². The molecule has 185 valence electrons. The van der Waals surface area contributed by atoms with Crippen molar-refractivity contribution in [2.75, 3.05) is 0 Å². The maximum Gasteiger partial charge on any atom is 0.164 e. The van der Waals surface area contributed by atoms with E-state index in [0.29, 0.717) is 0 Å². The van der Waals surface area contributed by atoms with Crippen LogP contribution < -0.4 is 0 Å². The van der Waals surface area contributed by atoms with Crippen molar-refractivity contribution in [2.45, 2.75) is 69.2 Å². The normalized spacial score (nSPS) is 12.0. The van der Waals surface area contributed by atoms with Gasteiger partial charge in [-0.15, -0.1) is 34.9 Å². The smallest absolute Gasteiger partial charge is 0.164 e. The van der Waals surface area contributed by atoms with E-state index >= 15 is 0 Å². The molecule has 0 amide bonds. The van der Waals surface area contributed by atoms with Gasteiger partial charge in [0.25, 0.3) is 0 Å². The number of hydrogen-bond acceptors (Lipinski definition) is 3. The zero-order chi connectivity index (χ0) is 25.1. The Bertz CT molecular complexity index is 1190. The first kappa shape index (κ1) is 29.7. The minimum atomic E-state index is -0.417. The summed E-state index contributed by atoms with van der Waals surface area (Å²) < 4.78 is 0. The second-order valence-electron chi connectivity index (χ2n) is 10.9. The summed E-state index contributed by atoms with van der Waals surface area (Å²) in [5.41, 5.74) is 7.35. The van der Waals surface area contributed by atoms with E-state index in [-0.39, 0.29) is 37.1 Å². The first-order chi connectivity index (χ1) is 15.1. The number of fused-ring (bicyclic) bond motifs is 1. The molecule has 0 aliphatic rings. The van der Waals surface area contributed by atoms with Gasteiger partial charge in [-0.05, 0) is 48.2 Å². The van der Waals surface area contributed by atoms with E-state index in [1.807, 2.05) is 41.5 Å². The largest absolute Gasteiger partial charge is 0.512 e. The SMILES string of the molecule is CC(C)(C)C(=O)/C=C(\O)C(C)(C)C.Cc1[c-]c(-c2ccc3cc(C)c(C)cc3n2)c(C)cc1.[Ir]. The van der Waals surface area contributed by atoms with Crippen LogP contribution in [-0.4, -0.2) is 15.9 Å². The van der Waals surface area contributed by atoms with Gasteiger partial charge in [0.1, 0.15) is 5.76 Å². The van der Waals surface area contributed by atoms with Crippen molar-refractivity contribution < 1.29 is 30.0 Å². The van der Waals surface area contributed by atoms with Gasteiger partial charge >= 0.3 is 0 Å². The molecule has 0 fully saturated rings. The summed E-state index contributed by atoms with van der Waals surface area (Å²) in [5, 5.41) is 10.8. The number of allylic oxidation sites excluding steroid dienone is 2. The fraction of sp³-hybridized carbons (Fsp3) is 0.400. The molecule has 0 bridgehead atoms. The van der Waals surface area contributed by atoms with Crippen LogP contribution in [0.25, 0.3) is 22.2 Å². The van der Waals surface area contributed by atoms with Crippen LogP contribution in [0.4, 0.5) is 0 Å². The Morgan fingerprint density at radius 1 is 0.853 bits per heavy atom. The molecule has 1 radical (unpaired) electrons. The van der Waals surface area contributed by atoms with E-state index in [0.717, 1.165) is 22.3 Å². The van der Waals surface area contributed by atoms with Gasteiger partial charge < -0.3 is 5.11 Å². The zero-order valence-corrected chi connectivity index (χ0v) is 24.6. The Balaban J connectivity index is 0.000000364. The molecule has 0 spiro atoms. The van der Waals surface area contributed by atoms with Gasteiger partial charge in [-0.2, -0.15) is 0 Å². The number of carbonyl (C=O) groups is 1. The summed E-state index contributed by atoms with van der Waals surface area (Å²) in [6, 6.07) is 16.3. The second kappa shape index (κ2) is 11.4. The average Bonchev–Trinajstić information content (AvgIpc) is 2.69. The van der Waals surface area contributed by atoms with Crippen molar-refractivity contribution in [3.63, 3.8) is 0 Å². The maximum absolute atomic E-state index is 11.5. The quantitative estimate of drug-likeness (QED) is 0.176. The molecule has 34 heavy (non-hydrogen) atoms. The summed E-state index contributed by atoms with van der Waals surface area (Å²) in [5.74, 6) is 0.104. The van der Waals surface area contributed by atoms with Crippen molar-refractivity contribution in [2.24, 2.45) is 10.8 Å². The third kappa shape index (κ3) is 7.89. The Hall–Kier alpha value is -2.29. The first-order valence-electron chi connectivity index (χ1n) is 11.4. The molecular weight excluding hydrogens is 599 g/mol. The van der Waals surface area contributed by atoms with Crippen LogP contribution in [-0.2, 0) is 24.9 Å². The minimum absolute atomic E-state index is 0. The van der Waals surface area contributed by atoms with Crippen molar-refractivity contribution in [3.05, 3.63) is 76.6 Å². The summed E-state index contributed by atoms with van der Waals surface area (Å²) >= 11 is 0. The van der Waals surface area contributed by atoms with E-state index in [4.69, 9.17) is 4.98 Å². The number of rotatable bonds is 2. The van der Waals surface area contributed by atoms with Crippen molar-refractivity contribution in [3.8, 4) is 11.3 Å². The van der Waals surface area contributed by atoms with Gasteiger partial charge in [0, 0.05) is 37.0 Å². The topological polar surface area (TPSA) is 50.2 Å². The monoisotopic (exact) mass is 637 g/mol. The van der Waals surface area contributed by atoms with Crippen molar-refractivity contribution in [1.82, 2.24) is 4.98 Å². The number of aliphatic hydroxyl groups is 1. The fourth-order valence-electron chi connectivity index (χ4n) is 3.02. The summed E-state index contributed by atoms with van der Waals surface area (Å²) in [6.45, 7) is 19.6. The van der Waals surface area contributed by atoms with E-state index in [1.165, 1.54) is 28.2 Å². The number of benzene rings is 2. The molecule has 0 aliphatic heterocycles. The molecule has 0 aliphatic carbocycles. The molecule has 0 saturated carbocycles. The predicted octanol–water partition coefficient (Wildman–Crippen LogP) is 8.02. The molecular formula is C30H38IrNO2-. The van der Waals surface area contributed by atoms with Crippen LogP contribution in [0.15, 0.2) is 48.2 Å². The molecule has 0 atom stereocenters. The van der Waals surface area contributed by atoms with Crippen LogP contribution >= 0.6 is 0 Å². The number of ketones is 1. The predicted molar refractivity (Wildman–Crippen MR) is 140 cm³/mol. The van der Waals surface area contributed by atoms with Crippen LogP contribution in [0.2, 0.25) is 0 Å². The summed E-state index contributed by atoms with van der Waals surface area (Å²) in [6.07, 6.45) is 1.33. The molecule has 0 saturated heterocycles. The molecule has 2 aromatic carbocycles. The van der Waals surface area contributed by atoms with Crippen LogP contribution in [0, 0.1) is 44.6 Å². The van der Waals surface area contributed by atoms with Gasteiger partial charge in [0.05, 0.1) is 5.52 Å². The first-order valence-corrected chi connectivity index (χ1v) is 11.4. The number of hydrogen-bond donors (Lipinski definition) is 1. The van der Waals surface area contributed by atoms with Gasteiger partial charge in [-0.1, -0.05) is 67.5 Å². The number of aromatic nitrogens is 1. The molecule has 1 N–H and O–H groups in total. The standard InChI is InChI=1S/C19H18N.C11H20O2.Ir/c1-12-5-6-13(2)17(9-12)18-8-7-16-10-14(3)15(4)11-19(16)20-18;1-10(2,3)8(12)7-9(13)11(4,5)6;/h5-8,10-11H,1-4H3;7,12H,1-6H3;/q-1;;/b;8-7-;. The molecule has 3 rings (SSSR count). The molecule has 4 heteroatoms. The van der Waals surface area contributed by atoms with Crippen LogP contribution in [0.1, 0.15) is 63.8 Å². The van der Waals surface area contributed by atoms with Gasteiger partial charge in [0.15, 0.2) is 5.78 Å². The van der Waals surface area contributed by atoms with E-state index < -0.39 is 5.41 Å². The van der Waals surface area contributed by atoms with E-state index in [1.54, 1.807) is 0 Å². The molecule has 0 unspecified atom stereocenters. The second-order valence-corrected chi connectivity index (χ2v) is 10.9. The Kier molecular flexibility index (Phi) is 9.99. The minimum Gasteiger partial charge on any atom is -0.512 e. The van der Waals surface area contributed by atoms with Crippen molar-refractivity contribution >= 4 is 16.7 Å². The third-order valence-electron chi connectivity index (χ3n) is 5.64. The molecule has 3 nitrogen and oxygen atoms in total. The molecule has 1 aromatic heterocycles. The van der Waals surface area contributed by atoms with Crippen LogP contribution in [0.3, 0.4) is 0 Å². The number of carbonyl (C=O) groups excluding carboxylic acids is 1. The van der Waals surface area contributed by atoms with Gasteiger partial charge in [-0.3, -0.25) is 9.78 Å². The molecule has 3 aromatic rings. The fourth-order valence-corrected chi connectivity index (χ4v) is 3.02. The number of nitrogens with zero attached hydrogens (tertiary/aromatic N) is 1. The van der Waals surface area contributed by atoms with Crippen LogP contribution in [0.5, 0.6) is 0 Å². The summed E-state index contributed by atoms with van der Waals surface area (Å²) in [4.78, 5) is 16.3. The Labute approximate surface area is 219 Å². The number of pyridine rings is 1. The Morgan fingerprint density at radius 3 is 2.00 bits per heavy atom. The van der Waals surface area contributed by atoms with E-state index in [2.05, 4.69) is 70.2 Å². The van der Waals surface area contributed by atoms with Gasteiger partial charge in [-0.25, -0.2) is 0 Å². The summed E-state index contributed by atoms with van der Waals surface area (Å²) in [7, 11) is 0. The average molecular weight is 637 g/mol. The number of aryl methyl sites for hydroxylation is 4. The Morgan fingerprint density at radius 2 is 1.44 bits per heavy atom. The number of aliphatic hydroxyl groups excluding tert-OH is 1. The third-order valence-corrected chi connectivity index (χ3v) is 5.64. The van der Waals surface area contributed by atoms with Gasteiger partial charge in [0.2, 0.25) is 0 Å². The zero-order valence-electron chi connectivity index (χ0n) is 22.2. The molecule has 1 heterocycles. The maximum atomic E-state index is 11.5.